The number of thiol groups is 1. The third-order valence-electron chi connectivity index (χ3n) is 1.70. The highest BCUT2D eigenvalue weighted by Gasteiger charge is 2.19. The third-order valence-corrected chi connectivity index (χ3v) is 2.10. The van der Waals surface area contributed by atoms with Crippen molar-refractivity contribution < 1.29 is 5.11 Å². The Kier molecular flexibility index (Phi) is 2.58. The van der Waals surface area contributed by atoms with Gasteiger partial charge in [-0.25, -0.2) is 0 Å². The first-order valence-corrected chi connectivity index (χ1v) is 4.00. The summed E-state index contributed by atoms with van der Waals surface area (Å²) in [5, 5.41) is 8.97. The summed E-state index contributed by atoms with van der Waals surface area (Å²) in [5.74, 6) is 0. The molecule has 11 heavy (non-hydrogen) atoms. The fraction of sp³-hybridized carbons (Fsp3) is 0.333. The molecule has 60 valence electrons. The molecule has 0 radical (unpaired) electrons. The molecular formula is C9H12OS. The van der Waals surface area contributed by atoms with E-state index in [1.54, 1.807) is 0 Å². The summed E-state index contributed by atoms with van der Waals surface area (Å²) in [6.07, 6.45) is 0. The highest BCUT2D eigenvalue weighted by Crippen LogP contribution is 2.26. The first kappa shape index (κ1) is 8.62. The second-order valence-corrected chi connectivity index (χ2v) is 3.79. The van der Waals surface area contributed by atoms with Gasteiger partial charge in [-0.3, -0.25) is 0 Å². The van der Waals surface area contributed by atoms with Crippen LogP contribution in [0.4, 0.5) is 0 Å². The lowest BCUT2D eigenvalue weighted by Crippen LogP contribution is -2.18. The van der Waals surface area contributed by atoms with E-state index in [2.05, 4.69) is 12.6 Å². The van der Waals surface area contributed by atoms with Gasteiger partial charge in [0.25, 0.3) is 0 Å². The SMILES string of the molecule is C[C@](S)(CO)c1ccccc1. The maximum Gasteiger partial charge on any atom is 0.0614 e. The molecule has 0 fully saturated rings. The Balaban J connectivity index is 2.93. The van der Waals surface area contributed by atoms with Gasteiger partial charge in [-0.2, -0.15) is 12.6 Å². The first-order chi connectivity index (χ1) is 5.17. The van der Waals surface area contributed by atoms with Crippen molar-refractivity contribution in [3.63, 3.8) is 0 Å². The molecule has 0 aromatic heterocycles. The van der Waals surface area contributed by atoms with Crippen molar-refractivity contribution in [1.29, 1.82) is 0 Å². The van der Waals surface area contributed by atoms with E-state index >= 15 is 0 Å². The van der Waals surface area contributed by atoms with Crippen LogP contribution in [-0.4, -0.2) is 11.7 Å². The monoisotopic (exact) mass is 168 g/mol. The fourth-order valence-corrected chi connectivity index (χ4v) is 1.04. The summed E-state index contributed by atoms with van der Waals surface area (Å²) in [5.41, 5.74) is 1.05. The number of benzene rings is 1. The smallest absolute Gasteiger partial charge is 0.0614 e. The summed E-state index contributed by atoms with van der Waals surface area (Å²) < 4.78 is -0.415. The summed E-state index contributed by atoms with van der Waals surface area (Å²) in [4.78, 5) is 0. The van der Waals surface area contributed by atoms with Crippen LogP contribution in [0.5, 0.6) is 0 Å². The van der Waals surface area contributed by atoms with E-state index < -0.39 is 4.75 Å². The predicted molar refractivity (Wildman–Crippen MR) is 49.9 cm³/mol. The van der Waals surface area contributed by atoms with E-state index in [9.17, 15) is 0 Å². The molecule has 1 aromatic rings. The van der Waals surface area contributed by atoms with Crippen molar-refractivity contribution in [2.24, 2.45) is 0 Å². The molecule has 1 rings (SSSR count). The van der Waals surface area contributed by atoms with Gasteiger partial charge in [-0.15, -0.1) is 0 Å². The Bertz CT molecular complexity index is 218. The lowest BCUT2D eigenvalue weighted by Gasteiger charge is -2.20. The van der Waals surface area contributed by atoms with Gasteiger partial charge in [-0.05, 0) is 12.5 Å². The summed E-state index contributed by atoms with van der Waals surface area (Å²) >= 11 is 4.33. The number of hydrogen-bond acceptors (Lipinski definition) is 2. The molecule has 0 spiro atoms. The van der Waals surface area contributed by atoms with Gasteiger partial charge < -0.3 is 5.11 Å². The molecule has 1 nitrogen and oxygen atoms in total. The highest BCUT2D eigenvalue weighted by atomic mass is 32.1. The molecule has 0 saturated heterocycles. The van der Waals surface area contributed by atoms with Crippen LogP contribution in [0.2, 0.25) is 0 Å². The molecule has 0 aliphatic rings. The van der Waals surface area contributed by atoms with Gasteiger partial charge in [0, 0.05) is 0 Å². The Morgan fingerprint density at radius 1 is 1.36 bits per heavy atom. The van der Waals surface area contributed by atoms with Crippen LogP contribution in [-0.2, 0) is 4.75 Å². The van der Waals surface area contributed by atoms with Gasteiger partial charge in [0.1, 0.15) is 0 Å². The van der Waals surface area contributed by atoms with Crippen LogP contribution in [0.1, 0.15) is 12.5 Å². The molecule has 2 heteroatoms. The average Bonchev–Trinajstić information content (AvgIpc) is 2.06. The zero-order valence-electron chi connectivity index (χ0n) is 6.49. The van der Waals surface area contributed by atoms with Crippen LogP contribution in [0.25, 0.3) is 0 Å². The van der Waals surface area contributed by atoms with Crippen molar-refractivity contribution in [2.75, 3.05) is 6.61 Å². The average molecular weight is 168 g/mol. The second-order valence-electron chi connectivity index (χ2n) is 2.80. The van der Waals surface area contributed by atoms with Gasteiger partial charge in [-0.1, -0.05) is 30.3 Å². The molecule has 0 amide bonds. The minimum Gasteiger partial charge on any atom is -0.395 e. The number of aliphatic hydroxyl groups excluding tert-OH is 1. The highest BCUT2D eigenvalue weighted by molar-refractivity contribution is 7.81. The normalized spacial score (nSPS) is 15.9. The lowest BCUT2D eigenvalue weighted by atomic mass is 10.0. The third kappa shape index (κ3) is 1.98. The molecule has 1 aromatic carbocycles. The summed E-state index contributed by atoms with van der Waals surface area (Å²) in [6.45, 7) is 1.95. The number of hydrogen-bond donors (Lipinski definition) is 2. The molecule has 1 N–H and O–H groups in total. The number of aliphatic hydroxyl groups is 1. The minimum atomic E-state index is -0.415. The van der Waals surface area contributed by atoms with Crippen LogP contribution >= 0.6 is 12.6 Å². The van der Waals surface area contributed by atoms with Crippen LogP contribution in [0.15, 0.2) is 30.3 Å². The zero-order valence-corrected chi connectivity index (χ0v) is 7.38. The van der Waals surface area contributed by atoms with Crippen LogP contribution in [0.3, 0.4) is 0 Å². The van der Waals surface area contributed by atoms with Crippen molar-refractivity contribution in [1.82, 2.24) is 0 Å². The van der Waals surface area contributed by atoms with Gasteiger partial charge in [0.05, 0.1) is 11.4 Å². The minimum absolute atomic E-state index is 0.0557. The quantitative estimate of drug-likeness (QED) is 0.645. The number of rotatable bonds is 2. The van der Waals surface area contributed by atoms with E-state index in [1.807, 2.05) is 37.3 Å². The van der Waals surface area contributed by atoms with Crippen molar-refractivity contribution in [3.05, 3.63) is 35.9 Å². The molecule has 0 aliphatic heterocycles. The lowest BCUT2D eigenvalue weighted by molar-refractivity contribution is 0.259. The maximum absolute atomic E-state index is 8.97. The molecule has 0 saturated carbocycles. The molecule has 0 aliphatic carbocycles. The Labute approximate surface area is 72.5 Å². The summed E-state index contributed by atoms with van der Waals surface area (Å²) in [7, 11) is 0. The Hall–Kier alpha value is -0.470. The largest absolute Gasteiger partial charge is 0.395 e. The van der Waals surface area contributed by atoms with E-state index in [0.717, 1.165) is 5.56 Å². The Morgan fingerprint density at radius 2 is 1.91 bits per heavy atom. The van der Waals surface area contributed by atoms with Gasteiger partial charge in [0.2, 0.25) is 0 Å². The van der Waals surface area contributed by atoms with Gasteiger partial charge in [0.15, 0.2) is 0 Å². The van der Waals surface area contributed by atoms with Gasteiger partial charge >= 0.3 is 0 Å². The second kappa shape index (κ2) is 3.28. The van der Waals surface area contributed by atoms with Crippen molar-refractivity contribution >= 4 is 12.6 Å². The summed E-state index contributed by atoms with van der Waals surface area (Å²) in [6, 6.07) is 9.76. The van der Waals surface area contributed by atoms with E-state index in [0.29, 0.717) is 0 Å². The van der Waals surface area contributed by atoms with E-state index in [1.165, 1.54) is 0 Å². The standard InChI is InChI=1S/C9H12OS/c1-9(11,7-10)8-5-3-2-4-6-8/h2-6,10-11H,7H2,1H3/t9-/m0/s1. The van der Waals surface area contributed by atoms with Crippen LogP contribution in [0, 0.1) is 0 Å². The molecule has 0 bridgehead atoms. The van der Waals surface area contributed by atoms with E-state index in [4.69, 9.17) is 5.11 Å². The molecule has 1 atom stereocenters. The molecule has 0 heterocycles. The molecule has 0 unspecified atom stereocenters. The predicted octanol–water partition coefficient (Wildman–Crippen LogP) is 1.82. The van der Waals surface area contributed by atoms with E-state index in [-0.39, 0.29) is 6.61 Å². The van der Waals surface area contributed by atoms with Crippen molar-refractivity contribution in [3.8, 4) is 0 Å². The first-order valence-electron chi connectivity index (χ1n) is 3.55. The topological polar surface area (TPSA) is 20.2 Å². The Morgan fingerprint density at radius 3 is 2.36 bits per heavy atom. The fourth-order valence-electron chi connectivity index (χ4n) is 0.888. The van der Waals surface area contributed by atoms with Crippen LogP contribution < -0.4 is 0 Å². The maximum atomic E-state index is 8.97. The van der Waals surface area contributed by atoms with Crippen molar-refractivity contribution in [2.45, 2.75) is 11.7 Å². The molecular weight excluding hydrogens is 156 g/mol. The zero-order chi connectivity index (χ0) is 8.32.